The third-order valence-corrected chi connectivity index (χ3v) is 1.18. The van der Waals surface area contributed by atoms with E-state index in [9.17, 15) is 9.59 Å². The van der Waals surface area contributed by atoms with Crippen molar-refractivity contribution in [1.29, 1.82) is 0 Å². The van der Waals surface area contributed by atoms with E-state index in [4.69, 9.17) is 11.6 Å². The van der Waals surface area contributed by atoms with Crippen LogP contribution in [0.25, 0.3) is 0 Å². The summed E-state index contributed by atoms with van der Waals surface area (Å²) in [4.78, 5) is 21.2. The number of methoxy groups -OCH3 is 1. The minimum Gasteiger partial charge on any atom is -0.469 e. The number of ether oxygens (including phenoxy) is 1. The Morgan fingerprint density at radius 1 is 1.45 bits per heavy atom. The Kier molecular flexibility index (Phi) is 5.47. The molecule has 0 aromatic heterocycles. The van der Waals surface area contributed by atoms with Crippen LogP contribution in [0.15, 0.2) is 11.6 Å². The van der Waals surface area contributed by atoms with Gasteiger partial charge in [0, 0.05) is 12.0 Å². The molecular formula is C7H9ClO3. The van der Waals surface area contributed by atoms with Gasteiger partial charge in [-0.2, -0.15) is 0 Å². The highest BCUT2D eigenvalue weighted by Crippen LogP contribution is 1.95. The highest BCUT2D eigenvalue weighted by atomic mass is 35.5. The summed E-state index contributed by atoms with van der Waals surface area (Å²) < 4.78 is 4.33. The summed E-state index contributed by atoms with van der Waals surface area (Å²) in [5.74, 6) is -0.563. The van der Waals surface area contributed by atoms with Crippen LogP contribution in [0.4, 0.5) is 0 Å². The van der Waals surface area contributed by atoms with Crippen LogP contribution in [-0.2, 0) is 14.3 Å². The topological polar surface area (TPSA) is 43.4 Å². The summed E-state index contributed by atoms with van der Waals surface area (Å²) in [6, 6.07) is 0. The molecule has 0 radical (unpaired) electrons. The van der Waals surface area contributed by atoms with E-state index in [0.717, 1.165) is 5.54 Å². The van der Waals surface area contributed by atoms with Crippen LogP contribution in [0.5, 0.6) is 0 Å². The maximum atomic E-state index is 10.7. The molecule has 0 aliphatic rings. The van der Waals surface area contributed by atoms with Crippen molar-refractivity contribution in [3.8, 4) is 0 Å². The zero-order valence-corrected chi connectivity index (χ0v) is 6.93. The van der Waals surface area contributed by atoms with Gasteiger partial charge in [-0.3, -0.25) is 9.59 Å². The summed E-state index contributed by atoms with van der Waals surface area (Å²) >= 11 is 5.13. The van der Waals surface area contributed by atoms with E-state index in [-0.39, 0.29) is 24.6 Å². The first kappa shape index (κ1) is 10.2. The van der Waals surface area contributed by atoms with Crippen molar-refractivity contribution in [2.75, 3.05) is 7.11 Å². The number of ketones is 1. The quantitative estimate of drug-likeness (QED) is 0.479. The SMILES string of the molecule is COC(=O)CCC(=O)C=CCl. The number of hydrogen-bond acceptors (Lipinski definition) is 3. The Morgan fingerprint density at radius 3 is 2.55 bits per heavy atom. The summed E-state index contributed by atoms with van der Waals surface area (Å²) in [6.45, 7) is 0. The van der Waals surface area contributed by atoms with Gasteiger partial charge in [0.1, 0.15) is 0 Å². The maximum Gasteiger partial charge on any atom is 0.305 e. The average Bonchev–Trinajstić information content (AvgIpc) is 2.01. The van der Waals surface area contributed by atoms with E-state index in [1.807, 2.05) is 0 Å². The zero-order chi connectivity index (χ0) is 8.69. The first-order valence-corrected chi connectivity index (χ1v) is 3.50. The lowest BCUT2D eigenvalue weighted by molar-refractivity contribution is -0.141. The van der Waals surface area contributed by atoms with Crippen molar-refractivity contribution in [2.45, 2.75) is 12.8 Å². The number of allylic oxidation sites excluding steroid dienone is 1. The van der Waals surface area contributed by atoms with Crippen LogP contribution in [0.1, 0.15) is 12.8 Å². The van der Waals surface area contributed by atoms with Crippen molar-refractivity contribution >= 4 is 23.4 Å². The fraction of sp³-hybridized carbons (Fsp3) is 0.429. The van der Waals surface area contributed by atoms with Crippen LogP contribution in [0.2, 0.25) is 0 Å². The van der Waals surface area contributed by atoms with E-state index in [1.54, 1.807) is 0 Å². The van der Waals surface area contributed by atoms with Gasteiger partial charge in [0.05, 0.1) is 13.5 Å². The van der Waals surface area contributed by atoms with Gasteiger partial charge in [-0.05, 0) is 6.08 Å². The van der Waals surface area contributed by atoms with Crippen molar-refractivity contribution in [1.82, 2.24) is 0 Å². The molecule has 0 saturated heterocycles. The van der Waals surface area contributed by atoms with Gasteiger partial charge >= 0.3 is 5.97 Å². The van der Waals surface area contributed by atoms with Crippen LogP contribution in [0.3, 0.4) is 0 Å². The van der Waals surface area contributed by atoms with Gasteiger partial charge in [0.15, 0.2) is 5.78 Å². The molecule has 0 rings (SSSR count). The zero-order valence-electron chi connectivity index (χ0n) is 6.17. The van der Waals surface area contributed by atoms with Crippen LogP contribution in [0, 0.1) is 0 Å². The average molecular weight is 177 g/mol. The molecule has 11 heavy (non-hydrogen) atoms. The molecule has 0 bridgehead atoms. The number of rotatable bonds is 4. The monoisotopic (exact) mass is 176 g/mol. The molecule has 0 fully saturated rings. The fourth-order valence-electron chi connectivity index (χ4n) is 0.481. The predicted octanol–water partition coefficient (Wildman–Crippen LogP) is 1.26. The Balaban J connectivity index is 3.54. The van der Waals surface area contributed by atoms with Crippen LogP contribution < -0.4 is 0 Å². The van der Waals surface area contributed by atoms with Gasteiger partial charge in [-0.25, -0.2) is 0 Å². The molecule has 0 N–H and O–H groups in total. The molecule has 3 nitrogen and oxygen atoms in total. The summed E-state index contributed by atoms with van der Waals surface area (Å²) in [7, 11) is 1.28. The lowest BCUT2D eigenvalue weighted by Crippen LogP contribution is -2.03. The molecule has 0 aromatic carbocycles. The standard InChI is InChI=1S/C7H9ClO3/c1-11-7(10)3-2-6(9)4-5-8/h4-5H,2-3H2,1H3. The normalized spacial score (nSPS) is 10.0. The van der Waals surface area contributed by atoms with Crippen molar-refractivity contribution < 1.29 is 14.3 Å². The smallest absolute Gasteiger partial charge is 0.305 e. The predicted molar refractivity (Wildman–Crippen MR) is 41.3 cm³/mol. The molecule has 62 valence electrons. The Bertz CT molecular complexity index is 175. The number of carbonyl (C=O) groups is 2. The van der Waals surface area contributed by atoms with E-state index < -0.39 is 0 Å². The molecule has 0 aromatic rings. The lowest BCUT2D eigenvalue weighted by Gasteiger charge is -1.94. The molecular weight excluding hydrogens is 168 g/mol. The molecule has 0 unspecified atom stereocenters. The molecule has 0 saturated carbocycles. The molecule has 0 atom stereocenters. The second-order valence-corrected chi connectivity index (χ2v) is 2.09. The first-order valence-electron chi connectivity index (χ1n) is 3.07. The second-order valence-electron chi connectivity index (χ2n) is 1.84. The molecule has 0 amide bonds. The van der Waals surface area contributed by atoms with Gasteiger partial charge in [0.2, 0.25) is 0 Å². The van der Waals surface area contributed by atoms with Crippen molar-refractivity contribution in [2.24, 2.45) is 0 Å². The Hall–Kier alpha value is -0.830. The largest absolute Gasteiger partial charge is 0.469 e. The second kappa shape index (κ2) is 5.92. The van der Waals surface area contributed by atoms with E-state index in [0.29, 0.717) is 0 Å². The van der Waals surface area contributed by atoms with E-state index >= 15 is 0 Å². The van der Waals surface area contributed by atoms with Gasteiger partial charge in [-0.15, -0.1) is 0 Å². The van der Waals surface area contributed by atoms with Crippen LogP contribution >= 0.6 is 11.6 Å². The number of carbonyl (C=O) groups excluding carboxylic acids is 2. The maximum absolute atomic E-state index is 10.7. The third kappa shape index (κ3) is 5.61. The van der Waals surface area contributed by atoms with E-state index in [1.165, 1.54) is 13.2 Å². The fourth-order valence-corrected chi connectivity index (χ4v) is 0.621. The lowest BCUT2D eigenvalue weighted by atomic mass is 10.2. The summed E-state index contributed by atoms with van der Waals surface area (Å²) in [5.41, 5.74) is 1.12. The number of hydrogen-bond donors (Lipinski definition) is 0. The van der Waals surface area contributed by atoms with E-state index in [2.05, 4.69) is 4.74 Å². The number of halogens is 1. The minimum absolute atomic E-state index is 0.108. The highest BCUT2D eigenvalue weighted by Gasteiger charge is 2.02. The molecule has 0 spiro atoms. The molecule has 0 aliphatic heterocycles. The number of esters is 1. The van der Waals surface area contributed by atoms with Gasteiger partial charge in [0.25, 0.3) is 0 Å². The van der Waals surface area contributed by atoms with Gasteiger partial charge < -0.3 is 4.74 Å². The summed E-state index contributed by atoms with van der Waals surface area (Å²) in [6.07, 6.45) is 1.47. The van der Waals surface area contributed by atoms with Gasteiger partial charge in [-0.1, -0.05) is 11.6 Å². The highest BCUT2D eigenvalue weighted by molar-refractivity contribution is 6.26. The molecule has 4 heteroatoms. The molecule has 0 aliphatic carbocycles. The van der Waals surface area contributed by atoms with Crippen LogP contribution in [-0.4, -0.2) is 18.9 Å². The minimum atomic E-state index is -0.388. The Labute approximate surface area is 70.0 Å². The first-order chi connectivity index (χ1) is 5.20. The Morgan fingerprint density at radius 2 is 2.09 bits per heavy atom. The third-order valence-electron chi connectivity index (χ3n) is 1.05. The van der Waals surface area contributed by atoms with Crippen molar-refractivity contribution in [3.05, 3.63) is 11.6 Å². The molecule has 0 heterocycles. The summed E-state index contributed by atoms with van der Waals surface area (Å²) in [5, 5.41) is 0. The van der Waals surface area contributed by atoms with Crippen molar-refractivity contribution in [3.63, 3.8) is 0 Å².